The number of unbranched alkanes of at least 4 members (excludes halogenated alkanes) is 2. The second-order valence-electron chi connectivity index (χ2n) is 10.5. The predicted octanol–water partition coefficient (Wildman–Crippen LogP) is 5.42. The van der Waals surface area contributed by atoms with Gasteiger partial charge in [0.25, 0.3) is 0 Å². The van der Waals surface area contributed by atoms with E-state index in [2.05, 4.69) is 91.0 Å². The molecule has 0 aliphatic heterocycles. The van der Waals surface area contributed by atoms with E-state index in [0.29, 0.717) is 19.3 Å². The summed E-state index contributed by atoms with van der Waals surface area (Å²) in [5.74, 6) is -0.708. The minimum absolute atomic E-state index is 0.177. The van der Waals surface area contributed by atoms with E-state index in [0.717, 1.165) is 19.0 Å². The molecule has 0 aromatic heterocycles. The fraction of sp³-hybridized carbons (Fsp3) is 0.394. The van der Waals surface area contributed by atoms with E-state index in [1.807, 2.05) is 6.92 Å². The van der Waals surface area contributed by atoms with Crippen LogP contribution in [0.25, 0.3) is 0 Å². The van der Waals surface area contributed by atoms with Gasteiger partial charge in [0.1, 0.15) is 42.5 Å². The third kappa shape index (κ3) is 8.49. The van der Waals surface area contributed by atoms with Crippen LogP contribution in [0.15, 0.2) is 91.0 Å². The summed E-state index contributed by atoms with van der Waals surface area (Å²) >= 11 is 0. The molecule has 0 saturated carbocycles. The van der Waals surface area contributed by atoms with Crippen molar-refractivity contribution in [3.8, 4) is 0 Å². The van der Waals surface area contributed by atoms with Gasteiger partial charge < -0.3 is 14.6 Å². The predicted molar refractivity (Wildman–Crippen MR) is 160 cm³/mol. The number of aliphatic hydroxyl groups excluding tert-OH is 1. The molecule has 0 fully saturated rings. The monoisotopic (exact) mass is 549 g/mol. The summed E-state index contributed by atoms with van der Waals surface area (Å²) < 4.78 is 10.4. The van der Waals surface area contributed by atoms with Crippen LogP contribution in [-0.4, -0.2) is 42.5 Å². The molecule has 208 valence electrons. The van der Waals surface area contributed by atoms with Crippen LogP contribution in [0.1, 0.15) is 52.9 Å². The Bertz CT molecular complexity index is 1050. The van der Waals surface area contributed by atoms with Crippen molar-refractivity contribution in [3.63, 3.8) is 0 Å². The minimum Gasteiger partial charge on any atom is -0.463 e. The lowest BCUT2D eigenvalue weighted by atomic mass is 9.91. The number of ether oxygens (including phenoxy) is 2. The molecule has 0 saturated heterocycles. The Balaban J connectivity index is 1.55. The zero-order valence-corrected chi connectivity index (χ0v) is 24.3. The van der Waals surface area contributed by atoms with E-state index in [-0.39, 0.29) is 25.2 Å². The van der Waals surface area contributed by atoms with Gasteiger partial charge in [-0.25, -0.2) is 0 Å². The zero-order chi connectivity index (χ0) is 28.1. The Hall–Kier alpha value is -3.01. The number of benzene rings is 3. The molecule has 3 aromatic rings. The minimum atomic E-state index is -1.86. The molecule has 0 aliphatic carbocycles. The number of hydrogen-bond acceptors (Lipinski definition) is 5. The highest BCUT2D eigenvalue weighted by atomic mass is 31.2. The van der Waals surface area contributed by atoms with Crippen LogP contribution in [0.3, 0.4) is 0 Å². The third-order valence-corrected chi connectivity index (χ3v) is 11.8. The first-order valence-corrected chi connectivity index (χ1v) is 15.8. The molecule has 0 aliphatic rings. The van der Waals surface area contributed by atoms with Crippen molar-refractivity contribution in [2.75, 3.05) is 19.4 Å². The molecule has 39 heavy (non-hydrogen) atoms. The molecule has 0 spiro atoms. The summed E-state index contributed by atoms with van der Waals surface area (Å²) in [6.07, 6.45) is 3.51. The summed E-state index contributed by atoms with van der Waals surface area (Å²) in [4.78, 5) is 24.3. The average Bonchev–Trinajstić information content (AvgIpc) is 2.98. The maximum atomic E-state index is 12.3. The first-order valence-electron chi connectivity index (χ1n) is 13.9. The molecule has 3 aromatic carbocycles. The lowest BCUT2D eigenvalue weighted by molar-refractivity contribution is -0.159. The summed E-state index contributed by atoms with van der Waals surface area (Å²) in [5.41, 5.74) is -0.599. The van der Waals surface area contributed by atoms with Crippen LogP contribution < -0.4 is 15.9 Å². The van der Waals surface area contributed by atoms with Gasteiger partial charge in [0.2, 0.25) is 0 Å². The smallest absolute Gasteiger partial charge is 0.311 e. The second kappa shape index (κ2) is 15.0. The van der Waals surface area contributed by atoms with Gasteiger partial charge in [0.15, 0.2) is 0 Å². The fourth-order valence-electron chi connectivity index (χ4n) is 4.50. The maximum absolute atomic E-state index is 12.3. The topological polar surface area (TPSA) is 72.8 Å². The summed E-state index contributed by atoms with van der Waals surface area (Å²) in [5, 5.41) is 14.1. The van der Waals surface area contributed by atoms with Crippen molar-refractivity contribution in [1.29, 1.82) is 0 Å². The third-order valence-electron chi connectivity index (χ3n) is 7.25. The SMILES string of the molecule is CCC(C)(C)C(=O)OCC(O)COC(=O)CCCCC[P+](c1ccccc1)(c1ccccc1)c1ccccc1. The van der Waals surface area contributed by atoms with Gasteiger partial charge in [-0.15, -0.1) is 0 Å². The molecule has 0 heterocycles. The molecular formula is C33H42O5P+. The first-order chi connectivity index (χ1) is 18.8. The van der Waals surface area contributed by atoms with Crippen LogP contribution in [0.2, 0.25) is 0 Å². The maximum Gasteiger partial charge on any atom is 0.311 e. The quantitative estimate of drug-likeness (QED) is 0.156. The molecule has 0 bridgehead atoms. The molecule has 6 heteroatoms. The van der Waals surface area contributed by atoms with Gasteiger partial charge in [-0.2, -0.15) is 0 Å². The lowest BCUT2D eigenvalue weighted by Crippen LogP contribution is -2.33. The van der Waals surface area contributed by atoms with Crippen molar-refractivity contribution in [3.05, 3.63) is 91.0 Å². The normalized spacial score (nSPS) is 12.5. The van der Waals surface area contributed by atoms with E-state index in [9.17, 15) is 14.7 Å². The summed E-state index contributed by atoms with van der Waals surface area (Å²) in [6, 6.07) is 32.4. The van der Waals surface area contributed by atoms with Crippen LogP contribution in [-0.2, 0) is 19.1 Å². The highest BCUT2D eigenvalue weighted by Crippen LogP contribution is 2.56. The van der Waals surface area contributed by atoms with Crippen LogP contribution in [0.4, 0.5) is 0 Å². The standard InChI is InChI=1S/C33H42O5P/c1-4-33(2,3)32(36)38-26-27(34)25-37-31(35)23-15-8-16-24-39(28-17-9-5-10-18-28,29-19-11-6-12-20-29)30-21-13-7-14-22-30/h5-7,9-14,17-22,27,34H,4,8,15-16,23-26H2,1-3H3/q+1. The van der Waals surface area contributed by atoms with Gasteiger partial charge in [-0.05, 0) is 75.9 Å². The zero-order valence-electron chi connectivity index (χ0n) is 23.4. The van der Waals surface area contributed by atoms with Crippen molar-refractivity contribution in [1.82, 2.24) is 0 Å². The van der Waals surface area contributed by atoms with Crippen LogP contribution >= 0.6 is 7.26 Å². The molecule has 1 atom stereocenters. The molecule has 1 N–H and O–H groups in total. The summed E-state index contributed by atoms with van der Waals surface area (Å²) in [7, 11) is -1.86. The summed E-state index contributed by atoms with van der Waals surface area (Å²) in [6.45, 7) is 5.15. The molecule has 3 rings (SSSR count). The number of hydrogen-bond donors (Lipinski definition) is 1. The van der Waals surface area contributed by atoms with E-state index in [1.54, 1.807) is 13.8 Å². The molecule has 1 unspecified atom stereocenters. The highest BCUT2D eigenvalue weighted by molar-refractivity contribution is 7.95. The van der Waals surface area contributed by atoms with Crippen molar-refractivity contribution < 1.29 is 24.2 Å². The van der Waals surface area contributed by atoms with Gasteiger partial charge in [-0.3, -0.25) is 9.59 Å². The van der Waals surface area contributed by atoms with Crippen LogP contribution in [0.5, 0.6) is 0 Å². The highest BCUT2D eigenvalue weighted by Gasteiger charge is 2.44. The van der Waals surface area contributed by atoms with Gasteiger partial charge in [-0.1, -0.05) is 61.5 Å². The number of aliphatic hydroxyl groups is 1. The number of carbonyl (C=O) groups excluding carboxylic acids is 2. The number of carbonyl (C=O) groups is 2. The van der Waals surface area contributed by atoms with Crippen molar-refractivity contribution >= 4 is 35.1 Å². The number of esters is 2. The van der Waals surface area contributed by atoms with Gasteiger partial charge >= 0.3 is 11.9 Å². The molecular weight excluding hydrogens is 507 g/mol. The molecule has 0 amide bonds. The Kier molecular flexibility index (Phi) is 11.7. The molecule has 0 radical (unpaired) electrons. The number of rotatable bonds is 15. The van der Waals surface area contributed by atoms with E-state index < -0.39 is 18.8 Å². The lowest BCUT2D eigenvalue weighted by Gasteiger charge is -2.27. The van der Waals surface area contributed by atoms with Gasteiger partial charge in [0, 0.05) is 6.42 Å². The van der Waals surface area contributed by atoms with Crippen LogP contribution in [0, 0.1) is 5.41 Å². The Morgan fingerprint density at radius 2 is 1.21 bits per heavy atom. The van der Waals surface area contributed by atoms with E-state index in [1.165, 1.54) is 15.9 Å². The Labute approximate surface area is 233 Å². The van der Waals surface area contributed by atoms with E-state index >= 15 is 0 Å². The average molecular weight is 550 g/mol. The fourth-order valence-corrected chi connectivity index (χ4v) is 8.91. The Morgan fingerprint density at radius 1 is 0.744 bits per heavy atom. The Morgan fingerprint density at radius 3 is 1.67 bits per heavy atom. The van der Waals surface area contributed by atoms with Crippen molar-refractivity contribution in [2.45, 2.75) is 59.0 Å². The van der Waals surface area contributed by atoms with E-state index in [4.69, 9.17) is 9.47 Å². The first kappa shape index (κ1) is 30.5. The largest absolute Gasteiger partial charge is 0.463 e. The second-order valence-corrected chi connectivity index (χ2v) is 14.1. The van der Waals surface area contributed by atoms with Crippen molar-refractivity contribution in [2.24, 2.45) is 5.41 Å². The molecule has 5 nitrogen and oxygen atoms in total. The van der Waals surface area contributed by atoms with Gasteiger partial charge in [0.05, 0.1) is 11.6 Å².